The van der Waals surface area contributed by atoms with Crippen LogP contribution in [0.2, 0.25) is 0 Å². The molecule has 0 saturated heterocycles. The van der Waals surface area contributed by atoms with Crippen molar-refractivity contribution in [3.63, 3.8) is 0 Å². The summed E-state index contributed by atoms with van der Waals surface area (Å²) in [7, 11) is 0. The normalized spacial score (nSPS) is 14.7. The summed E-state index contributed by atoms with van der Waals surface area (Å²) >= 11 is 0. The van der Waals surface area contributed by atoms with Crippen molar-refractivity contribution in [3.8, 4) is 0 Å². The van der Waals surface area contributed by atoms with E-state index in [2.05, 4.69) is 15.1 Å². The summed E-state index contributed by atoms with van der Waals surface area (Å²) in [6.07, 6.45) is 2.40. The highest BCUT2D eigenvalue weighted by atomic mass is 19.1. The second kappa shape index (κ2) is 6.83. The highest BCUT2D eigenvalue weighted by Gasteiger charge is 2.42. The number of halogens is 3. The van der Waals surface area contributed by atoms with E-state index in [1.54, 1.807) is 4.98 Å². The third-order valence-electron chi connectivity index (χ3n) is 4.33. The van der Waals surface area contributed by atoms with Gasteiger partial charge >= 0.3 is 5.69 Å². The van der Waals surface area contributed by atoms with Crippen LogP contribution < -0.4 is 11.2 Å². The van der Waals surface area contributed by atoms with Gasteiger partial charge in [-0.15, -0.1) is 0 Å². The lowest BCUT2D eigenvalue weighted by molar-refractivity contribution is -0.0135. The number of nitrogens with one attached hydrogen (secondary N) is 2. The van der Waals surface area contributed by atoms with Gasteiger partial charge in [-0.05, 0) is 6.07 Å². The van der Waals surface area contributed by atoms with Crippen LogP contribution in [0.25, 0.3) is 0 Å². The van der Waals surface area contributed by atoms with Crippen LogP contribution in [0.3, 0.4) is 0 Å². The highest BCUT2D eigenvalue weighted by molar-refractivity contribution is 5.30. The fourth-order valence-electron chi connectivity index (χ4n) is 2.88. The second-order valence-electron chi connectivity index (χ2n) is 6.00. The Labute approximate surface area is 149 Å². The number of rotatable bonds is 5. The molecular weight excluding hydrogens is 367 g/mol. The SMILES string of the molecule is C[C@@H](c1[nH]c(=O)[nH]c(=O)c1F)[C@](O)(Cn1cncn1)c1ccc(F)cc1F. The van der Waals surface area contributed by atoms with Crippen LogP contribution in [0.4, 0.5) is 13.2 Å². The number of H-pyrrole nitrogens is 2. The number of aromatic nitrogens is 5. The first kappa shape index (κ1) is 18.6. The van der Waals surface area contributed by atoms with Gasteiger partial charge in [-0.1, -0.05) is 13.0 Å². The molecule has 0 aliphatic carbocycles. The largest absolute Gasteiger partial charge is 0.382 e. The fourth-order valence-corrected chi connectivity index (χ4v) is 2.88. The van der Waals surface area contributed by atoms with Gasteiger partial charge in [-0.3, -0.25) is 9.78 Å². The predicted molar refractivity (Wildman–Crippen MR) is 86.3 cm³/mol. The molecule has 0 amide bonds. The Kier molecular flexibility index (Phi) is 4.70. The highest BCUT2D eigenvalue weighted by Crippen LogP contribution is 2.39. The molecule has 0 fully saturated rings. The van der Waals surface area contributed by atoms with Crippen LogP contribution in [-0.2, 0) is 12.1 Å². The number of aromatic amines is 2. The van der Waals surface area contributed by atoms with Gasteiger partial charge in [0.05, 0.1) is 12.2 Å². The molecule has 1 aromatic carbocycles. The predicted octanol–water partition coefficient (Wildman–Crippen LogP) is 0.763. The van der Waals surface area contributed by atoms with Gasteiger partial charge in [0.1, 0.15) is 29.9 Å². The Bertz CT molecular complexity index is 1080. The number of nitrogens with zero attached hydrogens (tertiary/aromatic N) is 3. The molecule has 3 rings (SSSR count). The molecule has 0 radical (unpaired) electrons. The fraction of sp³-hybridized carbons (Fsp3) is 0.250. The molecule has 3 N–H and O–H groups in total. The Hall–Kier alpha value is -3.21. The molecule has 11 heteroatoms. The van der Waals surface area contributed by atoms with Crippen molar-refractivity contribution in [2.45, 2.75) is 25.0 Å². The average Bonchev–Trinajstić information content (AvgIpc) is 3.10. The minimum Gasteiger partial charge on any atom is -0.382 e. The third-order valence-corrected chi connectivity index (χ3v) is 4.33. The van der Waals surface area contributed by atoms with E-state index in [-0.39, 0.29) is 5.56 Å². The lowest BCUT2D eigenvalue weighted by Gasteiger charge is -2.34. The van der Waals surface area contributed by atoms with Crippen molar-refractivity contribution in [1.29, 1.82) is 0 Å². The summed E-state index contributed by atoms with van der Waals surface area (Å²) in [6, 6.07) is 2.49. The number of hydrogen-bond acceptors (Lipinski definition) is 5. The molecule has 3 aromatic rings. The van der Waals surface area contributed by atoms with Gasteiger partial charge in [0, 0.05) is 17.5 Å². The maximum Gasteiger partial charge on any atom is 0.326 e. The molecule has 0 spiro atoms. The molecule has 0 aliphatic heterocycles. The molecule has 0 unspecified atom stereocenters. The van der Waals surface area contributed by atoms with Crippen LogP contribution in [0, 0.1) is 17.5 Å². The summed E-state index contributed by atoms with van der Waals surface area (Å²) in [5.41, 5.74) is -5.39. The molecule has 0 bridgehead atoms. The van der Waals surface area contributed by atoms with Crippen LogP contribution in [-0.4, -0.2) is 29.8 Å². The van der Waals surface area contributed by atoms with Crippen molar-refractivity contribution in [1.82, 2.24) is 24.7 Å². The lowest BCUT2D eigenvalue weighted by atomic mass is 9.79. The van der Waals surface area contributed by atoms with Crippen LogP contribution >= 0.6 is 0 Å². The minimum atomic E-state index is -2.21. The van der Waals surface area contributed by atoms with Crippen molar-refractivity contribution in [2.75, 3.05) is 0 Å². The smallest absolute Gasteiger partial charge is 0.326 e. The molecular formula is C16H14F3N5O3. The average molecular weight is 381 g/mol. The molecule has 27 heavy (non-hydrogen) atoms. The van der Waals surface area contributed by atoms with Crippen LogP contribution in [0.1, 0.15) is 24.1 Å². The molecule has 2 heterocycles. The molecule has 2 aromatic heterocycles. The van der Waals surface area contributed by atoms with E-state index in [4.69, 9.17) is 0 Å². The second-order valence-corrected chi connectivity index (χ2v) is 6.00. The Morgan fingerprint density at radius 3 is 2.63 bits per heavy atom. The molecule has 142 valence electrons. The first-order valence-corrected chi connectivity index (χ1v) is 7.74. The maximum atomic E-state index is 14.4. The standard InChI is InChI=1S/C16H14F3N5O3/c1-8(13-12(19)14(25)23-15(26)22-13)16(27,5-24-7-20-6-21-24)10-3-2-9(17)4-11(10)18/h2-4,6-8,27H,5H2,1H3,(H2,22,23,25,26)/t8-,16+/m0/s1. The number of hydrogen-bond donors (Lipinski definition) is 3. The third kappa shape index (κ3) is 3.40. The zero-order chi connectivity index (χ0) is 19.8. The quantitative estimate of drug-likeness (QED) is 0.603. The van der Waals surface area contributed by atoms with E-state index in [0.717, 1.165) is 16.8 Å². The maximum absolute atomic E-state index is 14.4. The number of benzene rings is 1. The first-order valence-electron chi connectivity index (χ1n) is 7.74. The van der Waals surface area contributed by atoms with Crippen molar-refractivity contribution in [2.24, 2.45) is 0 Å². The van der Waals surface area contributed by atoms with Crippen LogP contribution in [0.15, 0.2) is 40.4 Å². The van der Waals surface area contributed by atoms with E-state index in [0.29, 0.717) is 6.07 Å². The van der Waals surface area contributed by atoms with Gasteiger partial charge in [0.2, 0.25) is 5.82 Å². The van der Waals surface area contributed by atoms with E-state index in [1.165, 1.54) is 19.6 Å². The molecule has 0 aliphatic rings. The first-order chi connectivity index (χ1) is 12.7. The van der Waals surface area contributed by atoms with Gasteiger partial charge < -0.3 is 10.1 Å². The number of aliphatic hydroxyl groups is 1. The lowest BCUT2D eigenvalue weighted by Crippen LogP contribution is -2.41. The molecule has 8 nitrogen and oxygen atoms in total. The van der Waals surface area contributed by atoms with E-state index in [9.17, 15) is 27.9 Å². The molecule has 2 atom stereocenters. The topological polar surface area (TPSA) is 117 Å². The van der Waals surface area contributed by atoms with Gasteiger partial charge in [-0.2, -0.15) is 9.49 Å². The minimum absolute atomic E-state index is 0.368. The Balaban J connectivity index is 2.20. The van der Waals surface area contributed by atoms with E-state index < -0.39 is 52.5 Å². The Morgan fingerprint density at radius 1 is 1.26 bits per heavy atom. The zero-order valence-corrected chi connectivity index (χ0v) is 13.9. The molecule has 0 saturated carbocycles. The van der Waals surface area contributed by atoms with E-state index in [1.807, 2.05) is 0 Å². The summed E-state index contributed by atoms with van der Waals surface area (Å²) in [5, 5.41) is 15.1. The summed E-state index contributed by atoms with van der Waals surface area (Å²) < 4.78 is 43.2. The summed E-state index contributed by atoms with van der Waals surface area (Å²) in [6.45, 7) is 0.874. The summed E-state index contributed by atoms with van der Waals surface area (Å²) in [5.74, 6) is -4.61. The summed E-state index contributed by atoms with van der Waals surface area (Å²) in [4.78, 5) is 30.7. The van der Waals surface area contributed by atoms with Crippen LogP contribution in [0.5, 0.6) is 0 Å². The van der Waals surface area contributed by atoms with Gasteiger partial charge in [0.15, 0.2) is 0 Å². The van der Waals surface area contributed by atoms with Crippen molar-refractivity contribution in [3.05, 3.63) is 80.4 Å². The van der Waals surface area contributed by atoms with Crippen molar-refractivity contribution < 1.29 is 18.3 Å². The zero-order valence-electron chi connectivity index (χ0n) is 13.9. The monoisotopic (exact) mass is 381 g/mol. The Morgan fingerprint density at radius 2 is 2.00 bits per heavy atom. The van der Waals surface area contributed by atoms with Gasteiger partial charge in [-0.25, -0.2) is 23.2 Å². The van der Waals surface area contributed by atoms with E-state index >= 15 is 0 Å². The van der Waals surface area contributed by atoms with Gasteiger partial charge in [0.25, 0.3) is 5.56 Å². The van der Waals surface area contributed by atoms with Crippen molar-refractivity contribution >= 4 is 0 Å².